The van der Waals surface area contributed by atoms with Crippen molar-refractivity contribution >= 4 is 5.96 Å². The van der Waals surface area contributed by atoms with E-state index in [9.17, 15) is 4.39 Å². The van der Waals surface area contributed by atoms with Crippen molar-refractivity contribution in [3.05, 3.63) is 35.6 Å². The first kappa shape index (κ1) is 15.0. The van der Waals surface area contributed by atoms with Gasteiger partial charge in [0.15, 0.2) is 5.96 Å². The summed E-state index contributed by atoms with van der Waals surface area (Å²) in [5.41, 5.74) is 2.02. The van der Waals surface area contributed by atoms with Crippen LogP contribution in [0.5, 0.6) is 0 Å². The number of hydrogen-bond donors (Lipinski definition) is 1. The summed E-state index contributed by atoms with van der Waals surface area (Å²) in [6, 6.07) is 7.02. The van der Waals surface area contributed by atoms with E-state index in [0.29, 0.717) is 5.41 Å². The number of halogens is 1. The van der Waals surface area contributed by atoms with E-state index >= 15 is 0 Å². The van der Waals surface area contributed by atoms with E-state index in [4.69, 9.17) is 0 Å². The highest BCUT2D eigenvalue weighted by Crippen LogP contribution is 2.49. The zero-order chi connectivity index (χ0) is 15.9. The molecule has 1 saturated heterocycles. The number of likely N-dealkylation sites (tertiary alicyclic amines) is 1. The van der Waals surface area contributed by atoms with Crippen molar-refractivity contribution in [2.45, 2.75) is 43.9 Å². The highest BCUT2D eigenvalue weighted by atomic mass is 19.1. The van der Waals surface area contributed by atoms with Crippen molar-refractivity contribution in [2.75, 3.05) is 26.7 Å². The number of nitrogens with one attached hydrogen (secondary N) is 1. The summed E-state index contributed by atoms with van der Waals surface area (Å²) in [6.07, 6.45) is 7.84. The van der Waals surface area contributed by atoms with Crippen molar-refractivity contribution in [2.24, 2.45) is 10.4 Å². The number of nitrogens with zero attached hydrogens (tertiary/aromatic N) is 2. The van der Waals surface area contributed by atoms with Gasteiger partial charge in [0.1, 0.15) is 5.82 Å². The molecule has 2 saturated carbocycles. The van der Waals surface area contributed by atoms with Gasteiger partial charge in [0, 0.05) is 32.1 Å². The summed E-state index contributed by atoms with van der Waals surface area (Å²) in [6.45, 7) is 3.19. The molecule has 4 heteroatoms. The molecule has 1 aliphatic heterocycles. The third-order valence-electron chi connectivity index (χ3n) is 6.26. The molecule has 0 atom stereocenters. The predicted molar refractivity (Wildman–Crippen MR) is 91.1 cm³/mol. The van der Waals surface area contributed by atoms with Crippen molar-refractivity contribution < 1.29 is 4.39 Å². The van der Waals surface area contributed by atoms with Crippen LogP contribution in [0.2, 0.25) is 0 Å². The Morgan fingerprint density at radius 2 is 1.91 bits per heavy atom. The van der Waals surface area contributed by atoms with Crippen LogP contribution in [-0.4, -0.2) is 37.5 Å². The average molecular weight is 315 g/mol. The first-order valence-electron chi connectivity index (χ1n) is 8.87. The lowest BCUT2D eigenvalue weighted by atomic mass is 9.68. The minimum Gasteiger partial charge on any atom is -0.355 e. The van der Waals surface area contributed by atoms with Crippen LogP contribution < -0.4 is 5.32 Å². The molecule has 2 aliphatic carbocycles. The van der Waals surface area contributed by atoms with Crippen LogP contribution in [0.3, 0.4) is 0 Å². The summed E-state index contributed by atoms with van der Waals surface area (Å²) in [5.74, 6) is 0.887. The van der Waals surface area contributed by atoms with Crippen LogP contribution in [0, 0.1) is 11.2 Å². The Kier molecular flexibility index (Phi) is 3.58. The van der Waals surface area contributed by atoms with Gasteiger partial charge in [-0.05, 0) is 55.2 Å². The van der Waals surface area contributed by atoms with Gasteiger partial charge in [-0.3, -0.25) is 4.99 Å². The van der Waals surface area contributed by atoms with Crippen molar-refractivity contribution in [1.82, 2.24) is 10.2 Å². The summed E-state index contributed by atoms with van der Waals surface area (Å²) in [4.78, 5) is 6.93. The lowest BCUT2D eigenvalue weighted by Gasteiger charge is -2.38. The van der Waals surface area contributed by atoms with Crippen LogP contribution in [-0.2, 0) is 5.41 Å². The topological polar surface area (TPSA) is 27.6 Å². The van der Waals surface area contributed by atoms with E-state index in [0.717, 1.165) is 25.6 Å². The number of benzene rings is 1. The van der Waals surface area contributed by atoms with Crippen LogP contribution in [0.4, 0.5) is 4.39 Å². The van der Waals surface area contributed by atoms with Gasteiger partial charge in [0.2, 0.25) is 0 Å². The third kappa shape index (κ3) is 2.73. The van der Waals surface area contributed by atoms with Crippen molar-refractivity contribution in [3.63, 3.8) is 0 Å². The van der Waals surface area contributed by atoms with E-state index in [1.165, 1.54) is 44.1 Å². The second-order valence-corrected chi connectivity index (χ2v) is 7.71. The molecule has 0 aromatic heterocycles. The Morgan fingerprint density at radius 1 is 1.17 bits per heavy atom. The molecule has 1 aromatic carbocycles. The van der Waals surface area contributed by atoms with Crippen LogP contribution in [0.25, 0.3) is 0 Å². The maximum absolute atomic E-state index is 13.1. The molecular formula is C19H26FN3. The molecule has 1 aromatic rings. The quantitative estimate of drug-likeness (QED) is 0.684. The number of guanidine groups is 1. The zero-order valence-corrected chi connectivity index (χ0v) is 13.9. The second-order valence-electron chi connectivity index (χ2n) is 7.71. The van der Waals surface area contributed by atoms with E-state index in [1.807, 2.05) is 19.2 Å². The molecule has 1 N–H and O–H groups in total. The van der Waals surface area contributed by atoms with Gasteiger partial charge in [-0.1, -0.05) is 18.6 Å². The van der Waals surface area contributed by atoms with E-state index in [2.05, 4.69) is 15.2 Å². The van der Waals surface area contributed by atoms with Gasteiger partial charge < -0.3 is 10.2 Å². The van der Waals surface area contributed by atoms with Gasteiger partial charge in [0.25, 0.3) is 0 Å². The molecular weight excluding hydrogens is 289 g/mol. The minimum atomic E-state index is -0.156. The van der Waals surface area contributed by atoms with Crippen molar-refractivity contribution in [3.8, 4) is 0 Å². The second kappa shape index (κ2) is 5.50. The summed E-state index contributed by atoms with van der Waals surface area (Å²) in [7, 11) is 1.88. The highest BCUT2D eigenvalue weighted by Gasteiger charge is 2.46. The molecule has 124 valence electrons. The average Bonchev–Trinajstić information content (AvgIpc) is 3.17. The monoisotopic (exact) mass is 315 g/mol. The first-order valence-corrected chi connectivity index (χ1v) is 8.87. The summed E-state index contributed by atoms with van der Waals surface area (Å²) >= 11 is 0. The molecule has 0 bridgehead atoms. The Labute approximate surface area is 138 Å². The summed E-state index contributed by atoms with van der Waals surface area (Å²) in [5, 5.41) is 3.60. The molecule has 1 spiro atoms. The molecule has 3 fully saturated rings. The van der Waals surface area contributed by atoms with Gasteiger partial charge in [0.05, 0.1) is 0 Å². The Bertz CT molecular complexity index is 600. The van der Waals surface area contributed by atoms with Crippen LogP contribution >= 0.6 is 0 Å². The largest absolute Gasteiger partial charge is 0.355 e. The standard InChI is InChI=1S/C19H26FN3/c1-21-17(23-12-11-18(14-23)7-2-8-18)22-13-19(9-10-19)15-3-5-16(20)6-4-15/h3-6H,2,7-14H2,1H3,(H,21,22). The molecule has 0 amide bonds. The lowest BCUT2D eigenvalue weighted by Crippen LogP contribution is -2.44. The molecule has 0 unspecified atom stereocenters. The fourth-order valence-corrected chi connectivity index (χ4v) is 4.30. The summed E-state index contributed by atoms with van der Waals surface area (Å²) < 4.78 is 13.1. The molecule has 0 radical (unpaired) electrons. The fourth-order valence-electron chi connectivity index (χ4n) is 4.30. The zero-order valence-electron chi connectivity index (χ0n) is 13.9. The molecule has 23 heavy (non-hydrogen) atoms. The molecule has 4 rings (SSSR count). The molecule has 3 aliphatic rings. The van der Waals surface area contributed by atoms with E-state index < -0.39 is 0 Å². The number of aliphatic imine (C=N–C) groups is 1. The SMILES string of the molecule is CN=C(NCC1(c2ccc(F)cc2)CC1)N1CCC2(CCC2)C1. The Morgan fingerprint density at radius 3 is 2.43 bits per heavy atom. The molecule has 1 heterocycles. The Balaban J connectivity index is 1.39. The van der Waals surface area contributed by atoms with Gasteiger partial charge in [-0.2, -0.15) is 0 Å². The van der Waals surface area contributed by atoms with Crippen molar-refractivity contribution in [1.29, 1.82) is 0 Å². The maximum atomic E-state index is 13.1. The fraction of sp³-hybridized carbons (Fsp3) is 0.632. The first-order chi connectivity index (χ1) is 11.1. The third-order valence-corrected chi connectivity index (χ3v) is 6.26. The van der Waals surface area contributed by atoms with E-state index in [1.54, 1.807) is 12.1 Å². The molecule has 3 nitrogen and oxygen atoms in total. The van der Waals surface area contributed by atoms with Gasteiger partial charge >= 0.3 is 0 Å². The normalized spacial score (nSPS) is 24.6. The minimum absolute atomic E-state index is 0.156. The van der Waals surface area contributed by atoms with Gasteiger partial charge in [-0.15, -0.1) is 0 Å². The van der Waals surface area contributed by atoms with E-state index in [-0.39, 0.29) is 11.2 Å². The van der Waals surface area contributed by atoms with Crippen LogP contribution in [0.15, 0.2) is 29.3 Å². The number of rotatable bonds is 3. The smallest absolute Gasteiger partial charge is 0.193 e. The predicted octanol–water partition coefficient (Wildman–Crippen LogP) is 3.31. The lowest BCUT2D eigenvalue weighted by molar-refractivity contribution is 0.151. The van der Waals surface area contributed by atoms with Crippen LogP contribution in [0.1, 0.15) is 44.1 Å². The maximum Gasteiger partial charge on any atom is 0.193 e. The van der Waals surface area contributed by atoms with Gasteiger partial charge in [-0.25, -0.2) is 4.39 Å². The Hall–Kier alpha value is -1.58. The number of hydrogen-bond acceptors (Lipinski definition) is 1. The highest BCUT2D eigenvalue weighted by molar-refractivity contribution is 5.80.